The lowest BCUT2D eigenvalue weighted by Gasteiger charge is -2.35. The van der Waals surface area contributed by atoms with Crippen molar-refractivity contribution in [2.45, 2.75) is 18.2 Å². The van der Waals surface area contributed by atoms with Gasteiger partial charge in [-0.2, -0.15) is 4.98 Å². The minimum atomic E-state index is 0.359. The fourth-order valence-electron chi connectivity index (χ4n) is 1.97. The lowest BCUT2D eigenvalue weighted by molar-refractivity contribution is 0.378. The Morgan fingerprint density at radius 1 is 1.59 bits per heavy atom. The molecular weight excluding hydrogens is 305 g/mol. The predicted molar refractivity (Wildman–Crippen MR) is 72.3 cm³/mol. The lowest BCUT2D eigenvalue weighted by atomic mass is 10.0. The van der Waals surface area contributed by atoms with Crippen molar-refractivity contribution in [3.8, 4) is 6.01 Å². The summed E-state index contributed by atoms with van der Waals surface area (Å²) < 4.78 is 5.03. The van der Waals surface area contributed by atoms with Gasteiger partial charge in [0.05, 0.1) is 13.3 Å². The fourth-order valence-corrected chi connectivity index (χ4v) is 2.55. The van der Waals surface area contributed by atoms with E-state index in [9.17, 15) is 0 Å². The van der Waals surface area contributed by atoms with E-state index in [2.05, 4.69) is 37.7 Å². The molecule has 0 amide bonds. The van der Waals surface area contributed by atoms with Crippen LogP contribution in [0.15, 0.2) is 6.20 Å². The second-order valence-corrected chi connectivity index (χ2v) is 5.84. The number of methoxy groups -OCH3 is 1. The monoisotopic (exact) mass is 319 g/mol. The van der Waals surface area contributed by atoms with Crippen LogP contribution in [0, 0.1) is 5.92 Å². The minimum Gasteiger partial charge on any atom is -0.467 e. The van der Waals surface area contributed by atoms with Gasteiger partial charge in [0.25, 0.3) is 0 Å². The topological polar surface area (TPSA) is 38.2 Å². The van der Waals surface area contributed by atoms with Gasteiger partial charge in [-0.25, -0.2) is 4.98 Å². The summed E-state index contributed by atoms with van der Waals surface area (Å²) in [6, 6.07) is 0.359. The minimum absolute atomic E-state index is 0.359. The summed E-state index contributed by atoms with van der Waals surface area (Å²) in [6.07, 6.45) is 2.68. The fraction of sp³-hybridized carbons (Fsp3) is 0.636. The van der Waals surface area contributed by atoms with E-state index in [1.165, 1.54) is 0 Å². The van der Waals surface area contributed by atoms with Crippen molar-refractivity contribution in [2.75, 3.05) is 25.1 Å². The molecule has 1 fully saturated rings. The molecule has 0 aromatic carbocycles. The molecule has 6 heteroatoms. The van der Waals surface area contributed by atoms with Crippen LogP contribution in [0.1, 0.15) is 13.3 Å². The van der Waals surface area contributed by atoms with Crippen LogP contribution in [0.5, 0.6) is 6.01 Å². The molecule has 4 nitrogen and oxygen atoms in total. The van der Waals surface area contributed by atoms with Gasteiger partial charge < -0.3 is 9.64 Å². The van der Waals surface area contributed by atoms with Crippen molar-refractivity contribution < 1.29 is 4.74 Å². The maximum absolute atomic E-state index is 6.14. The van der Waals surface area contributed by atoms with Crippen LogP contribution in [0.2, 0.25) is 5.02 Å². The van der Waals surface area contributed by atoms with Gasteiger partial charge in [0, 0.05) is 17.9 Å². The average molecular weight is 321 g/mol. The van der Waals surface area contributed by atoms with Crippen molar-refractivity contribution in [2.24, 2.45) is 5.92 Å². The number of piperidine rings is 1. The van der Waals surface area contributed by atoms with E-state index in [4.69, 9.17) is 16.3 Å². The van der Waals surface area contributed by atoms with E-state index in [0.717, 1.165) is 25.3 Å². The number of ether oxygens (including phenoxy) is 1. The predicted octanol–water partition coefficient (Wildman–Crippen LogP) is 2.75. The second kappa shape index (κ2) is 5.40. The second-order valence-electron chi connectivity index (χ2n) is 4.26. The molecule has 1 aliphatic heterocycles. The third-order valence-corrected chi connectivity index (χ3v) is 4.61. The zero-order chi connectivity index (χ0) is 12.4. The van der Waals surface area contributed by atoms with Gasteiger partial charge >= 0.3 is 6.01 Å². The van der Waals surface area contributed by atoms with E-state index in [1.807, 2.05) is 0 Å². The number of nitrogens with zero attached hydrogens (tertiary/aromatic N) is 3. The molecule has 0 bridgehead atoms. The van der Waals surface area contributed by atoms with Crippen LogP contribution in [0.4, 0.5) is 5.82 Å². The van der Waals surface area contributed by atoms with Crippen LogP contribution in [-0.4, -0.2) is 35.0 Å². The van der Waals surface area contributed by atoms with Crippen molar-refractivity contribution in [1.82, 2.24) is 9.97 Å². The summed E-state index contributed by atoms with van der Waals surface area (Å²) in [4.78, 5) is 11.1. The summed E-state index contributed by atoms with van der Waals surface area (Å²) in [5.41, 5.74) is 0. The standard InChI is InChI=1S/C11H15BrClN3O/c1-7-6-16(4-3-8(7)12)10-9(13)5-14-11(15-10)17-2/h5,7-8H,3-4,6H2,1-2H3. The summed E-state index contributed by atoms with van der Waals surface area (Å²) in [7, 11) is 1.56. The average Bonchev–Trinajstić information content (AvgIpc) is 2.33. The van der Waals surface area contributed by atoms with Crippen LogP contribution < -0.4 is 9.64 Å². The molecule has 94 valence electrons. The SMILES string of the molecule is COc1ncc(Cl)c(N2CCC(Br)C(C)C2)n1. The van der Waals surface area contributed by atoms with Crippen molar-refractivity contribution in [3.63, 3.8) is 0 Å². The number of anilines is 1. The largest absolute Gasteiger partial charge is 0.467 e. The molecule has 1 aliphatic rings. The molecule has 1 aromatic heterocycles. The Balaban J connectivity index is 2.21. The number of halogens is 2. The molecule has 0 saturated carbocycles. The Bertz CT molecular complexity index is 404. The van der Waals surface area contributed by atoms with E-state index >= 15 is 0 Å². The molecule has 0 N–H and O–H groups in total. The number of rotatable bonds is 2. The van der Waals surface area contributed by atoms with E-state index in [0.29, 0.717) is 21.8 Å². The van der Waals surface area contributed by atoms with Gasteiger partial charge in [-0.05, 0) is 12.3 Å². The number of hydrogen-bond donors (Lipinski definition) is 0. The van der Waals surface area contributed by atoms with E-state index < -0.39 is 0 Å². The third kappa shape index (κ3) is 2.83. The van der Waals surface area contributed by atoms with Crippen LogP contribution >= 0.6 is 27.5 Å². The summed E-state index contributed by atoms with van der Waals surface area (Å²) >= 11 is 9.82. The van der Waals surface area contributed by atoms with Crippen molar-refractivity contribution in [1.29, 1.82) is 0 Å². The van der Waals surface area contributed by atoms with Gasteiger partial charge in [0.1, 0.15) is 5.02 Å². The zero-order valence-electron chi connectivity index (χ0n) is 9.86. The number of alkyl halides is 1. The van der Waals surface area contributed by atoms with Gasteiger partial charge in [0.2, 0.25) is 0 Å². The van der Waals surface area contributed by atoms with Crippen molar-refractivity contribution in [3.05, 3.63) is 11.2 Å². The van der Waals surface area contributed by atoms with Crippen LogP contribution in [0.3, 0.4) is 0 Å². The third-order valence-electron chi connectivity index (χ3n) is 2.99. The summed E-state index contributed by atoms with van der Waals surface area (Å²) in [5.74, 6) is 1.34. The first kappa shape index (κ1) is 12.9. The Morgan fingerprint density at radius 3 is 3.00 bits per heavy atom. The molecule has 0 aliphatic carbocycles. The highest BCUT2D eigenvalue weighted by atomic mass is 79.9. The number of aromatic nitrogens is 2. The normalized spacial score (nSPS) is 24.8. The maximum atomic E-state index is 6.14. The summed E-state index contributed by atoms with van der Waals surface area (Å²) in [6.45, 7) is 4.11. The Labute approximate surface area is 114 Å². The van der Waals surface area contributed by atoms with Crippen LogP contribution in [-0.2, 0) is 0 Å². The molecule has 1 saturated heterocycles. The number of hydrogen-bond acceptors (Lipinski definition) is 4. The molecule has 2 unspecified atom stereocenters. The first-order chi connectivity index (χ1) is 8.11. The Kier molecular flexibility index (Phi) is 4.09. The Morgan fingerprint density at radius 2 is 2.35 bits per heavy atom. The molecule has 2 heterocycles. The molecule has 2 rings (SSSR count). The van der Waals surface area contributed by atoms with E-state index in [1.54, 1.807) is 13.3 Å². The van der Waals surface area contributed by atoms with Crippen molar-refractivity contribution >= 4 is 33.3 Å². The van der Waals surface area contributed by atoms with E-state index in [-0.39, 0.29) is 0 Å². The first-order valence-corrected chi connectivity index (χ1v) is 6.86. The zero-order valence-corrected chi connectivity index (χ0v) is 12.2. The maximum Gasteiger partial charge on any atom is 0.318 e. The lowest BCUT2D eigenvalue weighted by Crippen LogP contribution is -2.40. The van der Waals surface area contributed by atoms with Gasteiger partial charge in [0.15, 0.2) is 5.82 Å². The highest BCUT2D eigenvalue weighted by Gasteiger charge is 2.26. The quantitative estimate of drug-likeness (QED) is 0.785. The first-order valence-electron chi connectivity index (χ1n) is 5.57. The molecule has 0 radical (unpaired) electrons. The highest BCUT2D eigenvalue weighted by molar-refractivity contribution is 9.09. The van der Waals surface area contributed by atoms with Gasteiger partial charge in [-0.1, -0.05) is 34.5 Å². The highest BCUT2D eigenvalue weighted by Crippen LogP contribution is 2.30. The smallest absolute Gasteiger partial charge is 0.318 e. The summed E-state index contributed by atoms with van der Waals surface area (Å²) in [5, 5.41) is 0.575. The van der Waals surface area contributed by atoms with Gasteiger partial charge in [-0.15, -0.1) is 0 Å². The molecule has 1 aromatic rings. The van der Waals surface area contributed by atoms with Gasteiger partial charge in [-0.3, -0.25) is 0 Å². The molecule has 0 spiro atoms. The molecular formula is C11H15BrClN3O. The Hall–Kier alpha value is -0.550. The van der Waals surface area contributed by atoms with Crippen LogP contribution in [0.25, 0.3) is 0 Å². The molecule has 2 atom stereocenters. The molecule has 17 heavy (non-hydrogen) atoms.